The van der Waals surface area contributed by atoms with E-state index in [1.165, 1.54) is 6.92 Å². The maximum Gasteiger partial charge on any atom is 0.302 e. The van der Waals surface area contributed by atoms with Gasteiger partial charge in [-0.05, 0) is 75.0 Å². The van der Waals surface area contributed by atoms with Crippen LogP contribution in [0.15, 0.2) is 18.2 Å². The van der Waals surface area contributed by atoms with E-state index in [1.54, 1.807) is 6.07 Å². The number of ether oxygens (including phenoxy) is 2. The smallest absolute Gasteiger partial charge is 0.302 e. The molecule has 0 heterocycles. The minimum atomic E-state index is -0.626. The lowest BCUT2D eigenvalue weighted by atomic mass is 9.93. The number of esters is 1. The summed E-state index contributed by atoms with van der Waals surface area (Å²) in [5.41, 5.74) is 0.992. The van der Waals surface area contributed by atoms with Gasteiger partial charge in [-0.2, -0.15) is 0 Å². The molecule has 1 aromatic rings. The largest absolute Gasteiger partial charge is 0.504 e. The van der Waals surface area contributed by atoms with Crippen LogP contribution in [-0.4, -0.2) is 46.2 Å². The van der Waals surface area contributed by atoms with Crippen LogP contribution in [0.3, 0.4) is 0 Å². The van der Waals surface area contributed by atoms with Crippen LogP contribution >= 0.6 is 0 Å². The molecule has 1 saturated carbocycles. The van der Waals surface area contributed by atoms with E-state index >= 15 is 0 Å². The van der Waals surface area contributed by atoms with Crippen LogP contribution in [-0.2, 0) is 16.0 Å². The van der Waals surface area contributed by atoms with Crippen LogP contribution < -0.4 is 4.74 Å². The van der Waals surface area contributed by atoms with E-state index in [0.29, 0.717) is 31.4 Å². The summed E-state index contributed by atoms with van der Waals surface area (Å²) in [7, 11) is 0. The molecule has 0 amide bonds. The second-order valence-electron chi connectivity index (χ2n) is 8.56. The quantitative estimate of drug-likeness (QED) is 0.414. The van der Waals surface area contributed by atoms with Crippen molar-refractivity contribution in [2.24, 2.45) is 5.92 Å². The molecular weight excluding hydrogens is 384 g/mol. The van der Waals surface area contributed by atoms with Gasteiger partial charge in [0.15, 0.2) is 11.5 Å². The van der Waals surface area contributed by atoms with E-state index in [-0.39, 0.29) is 30.3 Å². The van der Waals surface area contributed by atoms with Gasteiger partial charge in [-0.15, -0.1) is 0 Å². The number of rotatable bonds is 13. The highest BCUT2D eigenvalue weighted by molar-refractivity contribution is 5.66. The maximum atomic E-state index is 11.5. The Kier molecular flexibility index (Phi) is 10.4. The van der Waals surface area contributed by atoms with Crippen molar-refractivity contribution in [3.05, 3.63) is 23.8 Å². The summed E-state index contributed by atoms with van der Waals surface area (Å²) in [4.78, 5) is 11.5. The highest BCUT2D eigenvalue weighted by atomic mass is 16.5. The lowest BCUT2D eigenvalue weighted by Crippen LogP contribution is -2.26. The highest BCUT2D eigenvalue weighted by Crippen LogP contribution is 2.32. The predicted octanol–water partition coefficient (Wildman–Crippen LogP) is 4.13. The minimum absolute atomic E-state index is 0.0560. The van der Waals surface area contributed by atoms with Crippen LogP contribution in [0.1, 0.15) is 77.2 Å². The fourth-order valence-electron chi connectivity index (χ4n) is 4.26. The fraction of sp³-hybridized carbons (Fsp3) is 0.708. The number of benzene rings is 1. The molecule has 30 heavy (non-hydrogen) atoms. The Labute approximate surface area is 180 Å². The molecule has 0 spiro atoms. The summed E-state index contributed by atoms with van der Waals surface area (Å²) in [6.45, 7) is 3.49. The van der Waals surface area contributed by atoms with Crippen molar-refractivity contribution in [2.45, 2.75) is 96.4 Å². The van der Waals surface area contributed by atoms with Crippen LogP contribution in [0, 0.1) is 5.92 Å². The first-order valence-electron chi connectivity index (χ1n) is 11.4. The Balaban J connectivity index is 1.93. The minimum Gasteiger partial charge on any atom is -0.504 e. The Morgan fingerprint density at radius 2 is 1.93 bits per heavy atom. The molecule has 3 atom stereocenters. The monoisotopic (exact) mass is 422 g/mol. The zero-order chi connectivity index (χ0) is 21.9. The van der Waals surface area contributed by atoms with Gasteiger partial charge in [-0.1, -0.05) is 19.4 Å². The summed E-state index contributed by atoms with van der Waals surface area (Å²) < 4.78 is 11.4. The average Bonchev–Trinajstić information content (AvgIpc) is 3.20. The molecule has 2 rings (SSSR count). The van der Waals surface area contributed by atoms with Gasteiger partial charge in [0.25, 0.3) is 0 Å². The van der Waals surface area contributed by atoms with Crippen molar-refractivity contribution in [1.82, 2.24) is 0 Å². The molecule has 1 aliphatic carbocycles. The Morgan fingerprint density at radius 3 is 2.57 bits per heavy atom. The topological polar surface area (TPSA) is 96.2 Å². The van der Waals surface area contributed by atoms with Gasteiger partial charge >= 0.3 is 5.97 Å². The van der Waals surface area contributed by atoms with E-state index < -0.39 is 12.2 Å². The Bertz CT molecular complexity index is 641. The van der Waals surface area contributed by atoms with Crippen LogP contribution in [0.2, 0.25) is 0 Å². The number of carbonyl (C=O) groups excluding carboxylic acids is 1. The van der Waals surface area contributed by atoms with Crippen molar-refractivity contribution in [3.63, 3.8) is 0 Å². The van der Waals surface area contributed by atoms with E-state index in [0.717, 1.165) is 44.1 Å². The molecule has 0 radical (unpaired) electrons. The van der Waals surface area contributed by atoms with Gasteiger partial charge in [-0.25, -0.2) is 0 Å². The van der Waals surface area contributed by atoms with Crippen molar-refractivity contribution >= 4 is 5.97 Å². The number of hydrogen-bond acceptors (Lipinski definition) is 6. The Hall–Kier alpha value is -1.79. The van der Waals surface area contributed by atoms with Crippen LogP contribution in [0.4, 0.5) is 0 Å². The number of carbonyl (C=O) groups is 1. The third-order valence-corrected chi connectivity index (χ3v) is 5.80. The lowest BCUT2D eigenvalue weighted by Gasteiger charge is -2.23. The molecule has 0 aliphatic heterocycles. The van der Waals surface area contributed by atoms with Gasteiger partial charge < -0.3 is 24.8 Å². The molecule has 0 bridgehead atoms. The van der Waals surface area contributed by atoms with Crippen molar-refractivity contribution in [1.29, 1.82) is 0 Å². The predicted molar refractivity (Wildman–Crippen MR) is 116 cm³/mol. The molecule has 0 aromatic heterocycles. The van der Waals surface area contributed by atoms with Crippen LogP contribution in [0.25, 0.3) is 0 Å². The van der Waals surface area contributed by atoms with Crippen LogP contribution in [0.5, 0.6) is 11.5 Å². The van der Waals surface area contributed by atoms with E-state index in [9.17, 15) is 20.1 Å². The highest BCUT2D eigenvalue weighted by Gasteiger charge is 2.21. The molecule has 170 valence electrons. The second-order valence-corrected chi connectivity index (χ2v) is 8.56. The lowest BCUT2D eigenvalue weighted by molar-refractivity contribution is -0.148. The third-order valence-electron chi connectivity index (χ3n) is 5.80. The first-order valence-corrected chi connectivity index (χ1v) is 11.4. The summed E-state index contributed by atoms with van der Waals surface area (Å²) >= 11 is 0. The number of phenols is 1. The molecule has 1 aromatic carbocycles. The molecule has 1 fully saturated rings. The zero-order valence-electron chi connectivity index (χ0n) is 18.4. The van der Waals surface area contributed by atoms with Crippen molar-refractivity contribution in [3.8, 4) is 11.5 Å². The number of phenolic OH excluding ortho intramolecular Hbond substituents is 1. The number of aliphatic hydroxyl groups excluding tert-OH is 2. The van der Waals surface area contributed by atoms with Crippen molar-refractivity contribution < 1.29 is 29.6 Å². The van der Waals surface area contributed by atoms with Gasteiger partial charge in [0.05, 0.1) is 12.2 Å². The Morgan fingerprint density at radius 1 is 1.20 bits per heavy atom. The fourth-order valence-corrected chi connectivity index (χ4v) is 4.26. The average molecular weight is 423 g/mol. The van der Waals surface area contributed by atoms with E-state index in [2.05, 4.69) is 6.92 Å². The molecular formula is C24H38O6. The van der Waals surface area contributed by atoms with Gasteiger partial charge in [0.1, 0.15) is 6.10 Å². The summed E-state index contributed by atoms with van der Waals surface area (Å²) in [5.74, 6) is 0.350. The third kappa shape index (κ3) is 8.52. The van der Waals surface area contributed by atoms with Crippen molar-refractivity contribution in [2.75, 3.05) is 6.61 Å². The molecule has 1 aliphatic rings. The second kappa shape index (κ2) is 12.8. The molecule has 0 saturated heterocycles. The first kappa shape index (κ1) is 24.5. The van der Waals surface area contributed by atoms with Gasteiger partial charge in [0.2, 0.25) is 0 Å². The normalized spacial score (nSPS) is 17.5. The first-order chi connectivity index (χ1) is 14.4. The summed E-state index contributed by atoms with van der Waals surface area (Å²) in [6, 6.07) is 5.35. The van der Waals surface area contributed by atoms with E-state index in [4.69, 9.17) is 9.47 Å². The standard InChI is InChI=1S/C24H38O6/c1-3-6-19(16-25)13-20(27)15-22(29-17(2)26)11-9-18-10-12-23(28)24(14-18)30-21-7-4-5-8-21/h10,12,14,19-22,25,27-28H,3-9,11,13,15-16H2,1-2H3/t19-,20-,22+/m0/s1. The molecule has 0 unspecified atom stereocenters. The number of aromatic hydroxyl groups is 1. The molecule has 6 heteroatoms. The summed E-state index contributed by atoms with van der Waals surface area (Å²) in [5, 5.41) is 30.0. The van der Waals surface area contributed by atoms with E-state index in [1.807, 2.05) is 12.1 Å². The number of aryl methyl sites for hydroxylation is 1. The number of hydrogen-bond donors (Lipinski definition) is 3. The van der Waals surface area contributed by atoms with Gasteiger partial charge in [-0.3, -0.25) is 4.79 Å². The summed E-state index contributed by atoms with van der Waals surface area (Å²) in [6.07, 6.45) is 7.38. The maximum absolute atomic E-state index is 11.5. The SMILES string of the molecule is CCC[C@H](CO)C[C@H](O)C[C@@H](CCc1ccc(O)c(OC2CCCC2)c1)OC(C)=O. The van der Waals surface area contributed by atoms with Gasteiger partial charge in [0, 0.05) is 20.0 Å². The molecule has 6 nitrogen and oxygen atoms in total. The number of aliphatic hydroxyl groups is 2. The zero-order valence-corrected chi connectivity index (χ0v) is 18.4. The molecule has 3 N–H and O–H groups in total.